The molecule has 1 fully saturated rings. The van der Waals surface area contributed by atoms with Gasteiger partial charge in [-0.05, 0) is 13.1 Å². The van der Waals surface area contributed by atoms with Crippen molar-refractivity contribution in [2.45, 2.75) is 5.92 Å². The number of ether oxygens (including phenoxy) is 2. The zero-order chi connectivity index (χ0) is 14.0. The molecule has 19 heavy (non-hydrogen) atoms. The third-order valence-electron chi connectivity index (χ3n) is 3.65. The van der Waals surface area contributed by atoms with Crippen molar-refractivity contribution in [3.8, 4) is 11.5 Å². The maximum absolute atomic E-state index is 11.4. The van der Waals surface area contributed by atoms with E-state index in [1.165, 1.54) is 0 Å². The second-order valence-electron chi connectivity index (χ2n) is 4.86. The van der Waals surface area contributed by atoms with Gasteiger partial charge in [0.25, 0.3) is 0 Å². The lowest BCUT2D eigenvalue weighted by Gasteiger charge is -2.19. The minimum atomic E-state index is -0.765. The van der Waals surface area contributed by atoms with E-state index in [4.69, 9.17) is 9.47 Å². The lowest BCUT2D eigenvalue weighted by molar-refractivity contribution is -0.141. The fourth-order valence-electron chi connectivity index (χ4n) is 2.77. The number of benzene rings is 1. The number of methoxy groups -OCH3 is 2. The van der Waals surface area contributed by atoms with Gasteiger partial charge in [0, 0.05) is 24.6 Å². The Morgan fingerprint density at radius 3 is 2.63 bits per heavy atom. The molecule has 1 aromatic carbocycles. The molecule has 1 aliphatic heterocycles. The van der Waals surface area contributed by atoms with Crippen LogP contribution in [0, 0.1) is 5.92 Å². The second-order valence-corrected chi connectivity index (χ2v) is 4.86. The molecule has 0 bridgehead atoms. The van der Waals surface area contributed by atoms with E-state index < -0.39 is 11.9 Å². The average Bonchev–Trinajstić information content (AvgIpc) is 2.79. The van der Waals surface area contributed by atoms with Gasteiger partial charge in [-0.2, -0.15) is 0 Å². The van der Waals surface area contributed by atoms with Gasteiger partial charge in [-0.15, -0.1) is 0 Å². The summed E-state index contributed by atoms with van der Waals surface area (Å²) in [4.78, 5) is 13.4. The molecule has 1 aliphatic rings. The molecule has 0 saturated carbocycles. The van der Waals surface area contributed by atoms with Crippen molar-refractivity contribution in [2.24, 2.45) is 5.92 Å². The van der Waals surface area contributed by atoms with Crippen molar-refractivity contribution in [1.82, 2.24) is 4.90 Å². The van der Waals surface area contributed by atoms with Crippen LogP contribution in [0.2, 0.25) is 0 Å². The highest BCUT2D eigenvalue weighted by molar-refractivity contribution is 5.73. The molecular formula is C14H19NO4. The number of carboxylic acid groups (broad SMARTS) is 1. The minimum absolute atomic E-state index is 0.0763. The Morgan fingerprint density at radius 2 is 2.05 bits per heavy atom. The molecule has 0 aliphatic carbocycles. The summed E-state index contributed by atoms with van der Waals surface area (Å²) >= 11 is 0. The Hall–Kier alpha value is -1.75. The van der Waals surface area contributed by atoms with Gasteiger partial charge >= 0.3 is 5.97 Å². The van der Waals surface area contributed by atoms with Crippen LogP contribution in [0.3, 0.4) is 0 Å². The summed E-state index contributed by atoms with van der Waals surface area (Å²) in [5.74, 6) is 0.0213. The molecule has 1 N–H and O–H groups in total. The Morgan fingerprint density at radius 1 is 1.32 bits per heavy atom. The molecule has 5 nitrogen and oxygen atoms in total. The van der Waals surface area contributed by atoms with Crippen molar-refractivity contribution in [1.29, 1.82) is 0 Å². The third-order valence-corrected chi connectivity index (χ3v) is 3.65. The van der Waals surface area contributed by atoms with Gasteiger partial charge in [0.1, 0.15) is 0 Å². The van der Waals surface area contributed by atoms with Crippen LogP contribution in [-0.4, -0.2) is 50.3 Å². The Balaban J connectivity index is 2.43. The topological polar surface area (TPSA) is 59.0 Å². The number of carbonyl (C=O) groups is 1. The van der Waals surface area contributed by atoms with Crippen LogP contribution in [0.25, 0.3) is 0 Å². The second kappa shape index (κ2) is 5.48. The van der Waals surface area contributed by atoms with Crippen LogP contribution < -0.4 is 9.47 Å². The van der Waals surface area contributed by atoms with Crippen molar-refractivity contribution < 1.29 is 19.4 Å². The van der Waals surface area contributed by atoms with E-state index in [-0.39, 0.29) is 5.92 Å². The molecule has 1 saturated heterocycles. The largest absolute Gasteiger partial charge is 0.493 e. The molecule has 1 aromatic rings. The Bertz CT molecular complexity index is 475. The maximum Gasteiger partial charge on any atom is 0.308 e. The van der Waals surface area contributed by atoms with Crippen LogP contribution in [0.4, 0.5) is 0 Å². The lowest BCUT2D eigenvalue weighted by Crippen LogP contribution is -2.21. The van der Waals surface area contributed by atoms with Crippen LogP contribution in [0.15, 0.2) is 18.2 Å². The first-order valence-corrected chi connectivity index (χ1v) is 6.20. The van der Waals surface area contributed by atoms with Crippen molar-refractivity contribution in [3.63, 3.8) is 0 Å². The standard InChI is InChI=1S/C14H19NO4/c1-15-7-10(11(8-15)14(16)17)9-5-4-6-12(18-2)13(9)19-3/h4-6,10-11H,7-8H2,1-3H3,(H,16,17)/t10-,11-/m0/s1. The van der Waals surface area contributed by atoms with Crippen LogP contribution in [0.1, 0.15) is 11.5 Å². The number of hydrogen-bond donors (Lipinski definition) is 1. The highest BCUT2D eigenvalue weighted by atomic mass is 16.5. The fourth-order valence-corrected chi connectivity index (χ4v) is 2.77. The molecule has 0 radical (unpaired) electrons. The summed E-state index contributed by atoms with van der Waals surface area (Å²) in [5.41, 5.74) is 0.901. The summed E-state index contributed by atoms with van der Waals surface area (Å²) < 4.78 is 10.7. The highest BCUT2D eigenvalue weighted by Crippen LogP contribution is 2.41. The number of likely N-dealkylation sites (tertiary alicyclic amines) is 1. The number of likely N-dealkylation sites (N-methyl/N-ethyl adjacent to an activating group) is 1. The summed E-state index contributed by atoms with van der Waals surface area (Å²) in [6.07, 6.45) is 0. The summed E-state index contributed by atoms with van der Waals surface area (Å²) in [6, 6.07) is 5.60. The van der Waals surface area contributed by atoms with E-state index in [1.54, 1.807) is 14.2 Å². The number of carboxylic acids is 1. The van der Waals surface area contributed by atoms with E-state index in [0.717, 1.165) is 5.56 Å². The van der Waals surface area contributed by atoms with Gasteiger partial charge in [0.2, 0.25) is 0 Å². The molecule has 104 valence electrons. The Labute approximate surface area is 112 Å². The number of rotatable bonds is 4. The van der Waals surface area contributed by atoms with Crippen LogP contribution >= 0.6 is 0 Å². The van der Waals surface area contributed by atoms with Gasteiger partial charge in [-0.3, -0.25) is 4.79 Å². The first-order chi connectivity index (χ1) is 9.08. The number of nitrogens with zero attached hydrogens (tertiary/aromatic N) is 1. The predicted octanol–water partition coefficient (Wildman–Crippen LogP) is 1.43. The van der Waals surface area contributed by atoms with E-state index in [2.05, 4.69) is 0 Å². The first-order valence-electron chi connectivity index (χ1n) is 6.20. The highest BCUT2D eigenvalue weighted by Gasteiger charge is 2.38. The lowest BCUT2D eigenvalue weighted by atomic mass is 9.88. The quantitative estimate of drug-likeness (QED) is 0.892. The molecular weight excluding hydrogens is 246 g/mol. The van der Waals surface area contributed by atoms with Crippen molar-refractivity contribution in [2.75, 3.05) is 34.4 Å². The van der Waals surface area contributed by atoms with Gasteiger partial charge in [-0.25, -0.2) is 0 Å². The van der Waals surface area contributed by atoms with Gasteiger partial charge < -0.3 is 19.5 Å². The van der Waals surface area contributed by atoms with Crippen molar-refractivity contribution in [3.05, 3.63) is 23.8 Å². The normalized spacial score (nSPS) is 23.3. The Kier molecular flexibility index (Phi) is 3.95. The zero-order valence-corrected chi connectivity index (χ0v) is 11.4. The van der Waals surface area contributed by atoms with Gasteiger partial charge in [-0.1, -0.05) is 12.1 Å². The minimum Gasteiger partial charge on any atom is -0.493 e. The van der Waals surface area contributed by atoms with Crippen LogP contribution in [-0.2, 0) is 4.79 Å². The first kappa shape index (κ1) is 13.7. The van der Waals surface area contributed by atoms with Crippen molar-refractivity contribution >= 4 is 5.97 Å². The molecule has 0 aromatic heterocycles. The van der Waals surface area contributed by atoms with E-state index in [0.29, 0.717) is 24.6 Å². The maximum atomic E-state index is 11.4. The third kappa shape index (κ3) is 2.51. The van der Waals surface area contributed by atoms with E-state index in [1.807, 2.05) is 30.1 Å². The SMILES string of the molecule is COc1cccc([C@@H]2CN(C)C[C@@H]2C(=O)O)c1OC. The van der Waals surface area contributed by atoms with E-state index >= 15 is 0 Å². The number of para-hydroxylation sites is 1. The summed E-state index contributed by atoms with van der Waals surface area (Å²) in [5, 5.41) is 9.35. The molecule has 0 amide bonds. The molecule has 0 spiro atoms. The van der Waals surface area contributed by atoms with Gasteiger partial charge in [0.05, 0.1) is 20.1 Å². The molecule has 2 atom stereocenters. The summed E-state index contributed by atoms with van der Waals surface area (Å²) in [6.45, 7) is 1.26. The predicted molar refractivity (Wildman–Crippen MR) is 70.9 cm³/mol. The summed E-state index contributed by atoms with van der Waals surface area (Å²) in [7, 11) is 5.09. The average molecular weight is 265 g/mol. The number of hydrogen-bond acceptors (Lipinski definition) is 4. The number of aliphatic carboxylic acids is 1. The van der Waals surface area contributed by atoms with E-state index in [9.17, 15) is 9.90 Å². The smallest absolute Gasteiger partial charge is 0.308 e. The molecule has 0 unspecified atom stereocenters. The molecule has 2 rings (SSSR count). The molecule has 5 heteroatoms. The van der Waals surface area contributed by atoms with Crippen LogP contribution in [0.5, 0.6) is 11.5 Å². The zero-order valence-electron chi connectivity index (χ0n) is 11.4. The molecule has 1 heterocycles. The fraction of sp³-hybridized carbons (Fsp3) is 0.500. The van der Waals surface area contributed by atoms with Gasteiger partial charge in [0.15, 0.2) is 11.5 Å². The monoisotopic (exact) mass is 265 g/mol.